The molecule has 0 aromatic heterocycles. The minimum absolute atomic E-state index is 0.134. The van der Waals surface area contributed by atoms with Gasteiger partial charge in [-0.15, -0.1) is 0 Å². The third kappa shape index (κ3) is 2.99. The Hall–Kier alpha value is -1.87. The van der Waals surface area contributed by atoms with E-state index in [1.165, 1.54) is 11.6 Å². The molecule has 0 fully saturated rings. The first-order valence-corrected chi connectivity index (χ1v) is 6.60. The molecule has 0 radical (unpaired) electrons. The summed E-state index contributed by atoms with van der Waals surface area (Å²) in [4.78, 5) is 0. The average Bonchev–Trinajstić information content (AvgIpc) is 2.38. The maximum Gasteiger partial charge on any atom is 0.165 e. The van der Waals surface area contributed by atoms with Gasteiger partial charge in [-0.1, -0.05) is 29.8 Å². The number of benzene rings is 2. The van der Waals surface area contributed by atoms with Crippen molar-refractivity contribution in [1.82, 2.24) is 0 Å². The van der Waals surface area contributed by atoms with Gasteiger partial charge in [0.25, 0.3) is 0 Å². The Kier molecular flexibility index (Phi) is 4.40. The topological polar surface area (TPSA) is 29.5 Å². The van der Waals surface area contributed by atoms with E-state index in [0.29, 0.717) is 12.2 Å². The Morgan fingerprint density at radius 1 is 1.10 bits per heavy atom. The van der Waals surface area contributed by atoms with Crippen molar-refractivity contribution < 1.29 is 14.2 Å². The standard InChI is InChI=1S/C17H19FO2/c1-11-7-12(2)15(13(3)8-11)10-20-17-14(9-19)5-4-6-16(17)18/h4-8,19H,9-10H2,1-3H3. The number of aliphatic hydroxyl groups excluding tert-OH is 1. The lowest BCUT2D eigenvalue weighted by Gasteiger charge is -2.15. The zero-order valence-corrected chi connectivity index (χ0v) is 12.0. The second-order valence-electron chi connectivity index (χ2n) is 5.05. The molecule has 0 saturated heterocycles. The van der Waals surface area contributed by atoms with Crippen LogP contribution in [0, 0.1) is 26.6 Å². The summed E-state index contributed by atoms with van der Waals surface area (Å²) in [6, 6.07) is 8.73. The van der Waals surface area contributed by atoms with Gasteiger partial charge in [0.1, 0.15) is 6.61 Å². The van der Waals surface area contributed by atoms with Crippen LogP contribution in [0.1, 0.15) is 27.8 Å². The molecule has 2 aromatic rings. The Labute approximate surface area is 118 Å². The van der Waals surface area contributed by atoms with Gasteiger partial charge in [-0.3, -0.25) is 0 Å². The monoisotopic (exact) mass is 274 g/mol. The largest absolute Gasteiger partial charge is 0.485 e. The molecule has 0 aliphatic rings. The maximum atomic E-state index is 13.8. The third-order valence-corrected chi connectivity index (χ3v) is 3.42. The van der Waals surface area contributed by atoms with E-state index in [2.05, 4.69) is 12.1 Å². The van der Waals surface area contributed by atoms with Crippen LogP contribution in [0.15, 0.2) is 30.3 Å². The molecule has 0 unspecified atom stereocenters. The Morgan fingerprint density at radius 3 is 2.35 bits per heavy atom. The van der Waals surface area contributed by atoms with Gasteiger partial charge < -0.3 is 9.84 Å². The molecule has 0 amide bonds. The molecule has 20 heavy (non-hydrogen) atoms. The van der Waals surface area contributed by atoms with Crippen molar-refractivity contribution in [3.05, 3.63) is 64.0 Å². The van der Waals surface area contributed by atoms with Gasteiger partial charge in [0.2, 0.25) is 0 Å². The summed E-state index contributed by atoms with van der Waals surface area (Å²) in [5, 5.41) is 9.24. The molecule has 0 spiro atoms. The van der Waals surface area contributed by atoms with Crippen molar-refractivity contribution in [3.8, 4) is 5.75 Å². The molecular formula is C17H19FO2. The van der Waals surface area contributed by atoms with E-state index >= 15 is 0 Å². The molecule has 1 N–H and O–H groups in total. The number of aryl methyl sites for hydroxylation is 3. The molecule has 0 atom stereocenters. The van der Waals surface area contributed by atoms with Gasteiger partial charge in [0.05, 0.1) is 6.61 Å². The maximum absolute atomic E-state index is 13.8. The van der Waals surface area contributed by atoms with Crippen molar-refractivity contribution in [1.29, 1.82) is 0 Å². The first-order valence-electron chi connectivity index (χ1n) is 6.60. The van der Waals surface area contributed by atoms with Crippen LogP contribution in [0.2, 0.25) is 0 Å². The van der Waals surface area contributed by atoms with Crippen molar-refractivity contribution in [2.75, 3.05) is 0 Å². The number of halogens is 1. The van der Waals surface area contributed by atoms with Crippen LogP contribution < -0.4 is 4.74 Å². The number of rotatable bonds is 4. The van der Waals surface area contributed by atoms with E-state index in [1.54, 1.807) is 12.1 Å². The minimum atomic E-state index is -0.445. The van der Waals surface area contributed by atoms with Crippen LogP contribution in [0.4, 0.5) is 4.39 Å². The van der Waals surface area contributed by atoms with E-state index < -0.39 is 5.82 Å². The van der Waals surface area contributed by atoms with Crippen molar-refractivity contribution >= 4 is 0 Å². The highest BCUT2D eigenvalue weighted by atomic mass is 19.1. The predicted molar refractivity (Wildman–Crippen MR) is 77.3 cm³/mol. The molecule has 0 heterocycles. The van der Waals surface area contributed by atoms with Crippen LogP contribution in [-0.4, -0.2) is 5.11 Å². The van der Waals surface area contributed by atoms with E-state index in [-0.39, 0.29) is 12.4 Å². The number of aliphatic hydroxyl groups is 1. The fraction of sp³-hybridized carbons (Fsp3) is 0.294. The van der Waals surface area contributed by atoms with Crippen molar-refractivity contribution in [2.45, 2.75) is 34.0 Å². The van der Waals surface area contributed by atoms with Crippen molar-refractivity contribution in [2.24, 2.45) is 0 Å². The van der Waals surface area contributed by atoms with E-state index in [0.717, 1.165) is 16.7 Å². The summed E-state index contributed by atoms with van der Waals surface area (Å²) in [5.74, 6) is -0.312. The summed E-state index contributed by atoms with van der Waals surface area (Å²) in [6.45, 7) is 6.15. The fourth-order valence-electron chi connectivity index (χ4n) is 2.42. The average molecular weight is 274 g/mol. The highest BCUT2D eigenvalue weighted by Gasteiger charge is 2.11. The molecular weight excluding hydrogens is 255 g/mol. The van der Waals surface area contributed by atoms with Gasteiger partial charge in [0.15, 0.2) is 11.6 Å². The Bertz CT molecular complexity index is 597. The zero-order chi connectivity index (χ0) is 14.7. The first-order chi connectivity index (χ1) is 9.52. The summed E-state index contributed by atoms with van der Waals surface area (Å²) in [7, 11) is 0. The highest BCUT2D eigenvalue weighted by Crippen LogP contribution is 2.25. The summed E-state index contributed by atoms with van der Waals surface area (Å²) >= 11 is 0. The lowest BCUT2D eigenvalue weighted by atomic mass is 10.0. The van der Waals surface area contributed by atoms with E-state index in [4.69, 9.17) is 4.74 Å². The predicted octanol–water partition coefficient (Wildman–Crippen LogP) is 3.82. The molecule has 2 aromatic carbocycles. The Balaban J connectivity index is 2.26. The molecule has 0 saturated carbocycles. The number of ether oxygens (including phenoxy) is 1. The highest BCUT2D eigenvalue weighted by molar-refractivity contribution is 5.39. The van der Waals surface area contributed by atoms with E-state index in [1.807, 2.05) is 20.8 Å². The minimum Gasteiger partial charge on any atom is -0.485 e. The van der Waals surface area contributed by atoms with Crippen LogP contribution in [-0.2, 0) is 13.2 Å². The van der Waals surface area contributed by atoms with Gasteiger partial charge in [0, 0.05) is 5.56 Å². The van der Waals surface area contributed by atoms with Gasteiger partial charge in [-0.25, -0.2) is 4.39 Å². The first kappa shape index (κ1) is 14.5. The normalized spacial score (nSPS) is 10.7. The molecule has 0 aliphatic carbocycles. The second kappa shape index (κ2) is 6.06. The lowest BCUT2D eigenvalue weighted by molar-refractivity contribution is 0.251. The lowest BCUT2D eigenvalue weighted by Crippen LogP contribution is -2.04. The van der Waals surface area contributed by atoms with Gasteiger partial charge in [-0.05, 0) is 43.5 Å². The fourth-order valence-corrected chi connectivity index (χ4v) is 2.42. The zero-order valence-electron chi connectivity index (χ0n) is 12.0. The van der Waals surface area contributed by atoms with Crippen LogP contribution >= 0.6 is 0 Å². The summed E-state index contributed by atoms with van der Waals surface area (Å²) < 4.78 is 19.4. The third-order valence-electron chi connectivity index (χ3n) is 3.42. The van der Waals surface area contributed by atoms with Gasteiger partial charge in [-0.2, -0.15) is 0 Å². The van der Waals surface area contributed by atoms with Crippen molar-refractivity contribution in [3.63, 3.8) is 0 Å². The van der Waals surface area contributed by atoms with Crippen LogP contribution in [0.5, 0.6) is 5.75 Å². The number of hydrogen-bond donors (Lipinski definition) is 1. The molecule has 2 nitrogen and oxygen atoms in total. The molecule has 106 valence electrons. The molecule has 0 bridgehead atoms. The van der Waals surface area contributed by atoms with Crippen LogP contribution in [0.3, 0.4) is 0 Å². The van der Waals surface area contributed by atoms with Crippen LogP contribution in [0.25, 0.3) is 0 Å². The molecule has 0 aliphatic heterocycles. The van der Waals surface area contributed by atoms with Gasteiger partial charge >= 0.3 is 0 Å². The smallest absolute Gasteiger partial charge is 0.165 e. The SMILES string of the molecule is Cc1cc(C)c(COc2c(F)cccc2CO)c(C)c1. The second-order valence-corrected chi connectivity index (χ2v) is 5.05. The summed E-state index contributed by atoms with van der Waals surface area (Å²) in [5.41, 5.74) is 4.98. The Morgan fingerprint density at radius 2 is 1.75 bits per heavy atom. The quantitative estimate of drug-likeness (QED) is 0.918. The molecule has 3 heteroatoms. The van der Waals surface area contributed by atoms with E-state index in [9.17, 15) is 9.50 Å². The number of hydrogen-bond acceptors (Lipinski definition) is 2. The number of para-hydroxylation sites is 1. The molecule has 2 rings (SSSR count). The summed E-state index contributed by atoms with van der Waals surface area (Å²) in [6.07, 6.45) is 0.